The SMILES string of the molecule is CCOP(=O)(CNc1cc(-c2ccccc2F)c([N+](=O)[O-])cc1C(F)(F)F)OCC. The fraction of sp³-hybridized carbons (Fsp3) is 0.333. The summed E-state index contributed by atoms with van der Waals surface area (Å²) in [5.74, 6) is -0.847. The summed E-state index contributed by atoms with van der Waals surface area (Å²) in [7, 11) is -3.77. The van der Waals surface area contributed by atoms with E-state index in [1.807, 2.05) is 0 Å². The fourth-order valence-corrected chi connectivity index (χ4v) is 4.13. The molecule has 0 aliphatic heterocycles. The van der Waals surface area contributed by atoms with Crippen LogP contribution in [-0.2, 0) is 19.8 Å². The smallest absolute Gasteiger partial charge is 0.373 e. The van der Waals surface area contributed by atoms with Crippen molar-refractivity contribution in [3.63, 3.8) is 0 Å². The first-order chi connectivity index (χ1) is 14.0. The van der Waals surface area contributed by atoms with Crippen molar-refractivity contribution in [1.29, 1.82) is 0 Å². The van der Waals surface area contributed by atoms with Gasteiger partial charge in [0.1, 0.15) is 12.1 Å². The zero-order valence-corrected chi connectivity index (χ0v) is 16.9. The lowest BCUT2D eigenvalue weighted by Crippen LogP contribution is -2.14. The predicted molar refractivity (Wildman–Crippen MR) is 103 cm³/mol. The molecule has 7 nitrogen and oxygen atoms in total. The van der Waals surface area contributed by atoms with Crippen molar-refractivity contribution in [1.82, 2.24) is 0 Å². The molecule has 2 aromatic carbocycles. The summed E-state index contributed by atoms with van der Waals surface area (Å²) in [6.45, 7) is 3.06. The number of alkyl halides is 3. The highest BCUT2D eigenvalue weighted by atomic mass is 31.2. The zero-order valence-electron chi connectivity index (χ0n) is 16.0. The van der Waals surface area contributed by atoms with Gasteiger partial charge in [-0.15, -0.1) is 0 Å². The molecule has 1 N–H and O–H groups in total. The minimum absolute atomic E-state index is 0.00811. The van der Waals surface area contributed by atoms with E-state index in [1.165, 1.54) is 32.0 Å². The Morgan fingerprint density at radius 1 is 1.10 bits per heavy atom. The van der Waals surface area contributed by atoms with E-state index in [-0.39, 0.29) is 24.3 Å². The molecule has 0 atom stereocenters. The maximum Gasteiger partial charge on any atom is 0.418 e. The Morgan fingerprint density at radius 3 is 2.20 bits per heavy atom. The first kappa shape index (κ1) is 23.8. The third-order valence-corrected chi connectivity index (χ3v) is 5.77. The Balaban J connectivity index is 2.63. The van der Waals surface area contributed by atoms with Gasteiger partial charge < -0.3 is 14.4 Å². The normalized spacial score (nSPS) is 12.1. The number of halogens is 4. The molecule has 0 fully saturated rings. The summed E-state index contributed by atoms with van der Waals surface area (Å²) in [4.78, 5) is 10.4. The fourth-order valence-electron chi connectivity index (χ4n) is 2.72. The van der Waals surface area contributed by atoms with Crippen molar-refractivity contribution in [3.8, 4) is 11.1 Å². The van der Waals surface area contributed by atoms with Crippen LogP contribution in [0.4, 0.5) is 28.9 Å². The molecule has 0 bridgehead atoms. The number of nitro benzene ring substituents is 1. The molecule has 2 aromatic rings. The minimum atomic E-state index is -4.97. The van der Waals surface area contributed by atoms with Gasteiger partial charge in [-0.1, -0.05) is 18.2 Å². The van der Waals surface area contributed by atoms with E-state index in [4.69, 9.17) is 9.05 Å². The number of nitro groups is 1. The van der Waals surface area contributed by atoms with E-state index in [0.29, 0.717) is 6.07 Å². The zero-order chi connectivity index (χ0) is 22.5. The Labute approximate surface area is 169 Å². The molecule has 0 unspecified atom stereocenters. The van der Waals surface area contributed by atoms with E-state index < -0.39 is 47.7 Å². The van der Waals surface area contributed by atoms with Crippen LogP contribution < -0.4 is 5.32 Å². The average molecular weight is 450 g/mol. The predicted octanol–water partition coefficient (Wildman–Crippen LogP) is 6.06. The van der Waals surface area contributed by atoms with E-state index in [2.05, 4.69) is 5.32 Å². The van der Waals surface area contributed by atoms with Crippen LogP contribution >= 0.6 is 7.60 Å². The number of nitrogens with one attached hydrogen (secondary N) is 1. The van der Waals surface area contributed by atoms with Gasteiger partial charge in [-0.2, -0.15) is 13.2 Å². The maximum absolute atomic E-state index is 14.2. The number of rotatable bonds is 9. The summed E-state index contributed by atoms with van der Waals surface area (Å²) in [5.41, 5.74) is -3.52. The quantitative estimate of drug-likeness (QED) is 0.216. The van der Waals surface area contributed by atoms with Crippen LogP contribution in [0, 0.1) is 15.9 Å². The second-order valence-electron chi connectivity index (χ2n) is 5.93. The molecule has 0 aliphatic carbocycles. The number of nitrogens with zero attached hydrogens (tertiary/aromatic N) is 1. The summed E-state index contributed by atoms with van der Waals surface area (Å²) in [6, 6.07) is 6.10. The van der Waals surface area contributed by atoms with Crippen molar-refractivity contribution in [3.05, 3.63) is 57.9 Å². The van der Waals surface area contributed by atoms with Gasteiger partial charge in [-0.25, -0.2) is 4.39 Å². The molecule has 0 saturated heterocycles. The molecule has 0 heterocycles. The lowest BCUT2D eigenvalue weighted by molar-refractivity contribution is -0.384. The Morgan fingerprint density at radius 2 is 1.70 bits per heavy atom. The topological polar surface area (TPSA) is 90.7 Å². The standard InChI is InChI=1S/C18H19F4N2O5P/c1-3-28-30(27,29-4-2)11-23-16-9-13(12-7-5-6-8-15(12)19)17(24(25)26)10-14(16)18(20,21)22/h5-10,23H,3-4,11H2,1-2H3. The van der Waals surface area contributed by atoms with Gasteiger partial charge in [-0.3, -0.25) is 14.7 Å². The number of anilines is 1. The molecule has 0 spiro atoms. The van der Waals surface area contributed by atoms with Crippen LogP contribution in [-0.4, -0.2) is 24.4 Å². The van der Waals surface area contributed by atoms with Crippen LogP contribution in [0.5, 0.6) is 0 Å². The van der Waals surface area contributed by atoms with Gasteiger partial charge in [0.2, 0.25) is 0 Å². The molecule has 0 aliphatic rings. The van der Waals surface area contributed by atoms with Gasteiger partial charge in [0.15, 0.2) is 0 Å². The number of hydrogen-bond acceptors (Lipinski definition) is 6. The molecular formula is C18H19F4N2O5P. The highest BCUT2D eigenvalue weighted by Gasteiger charge is 2.37. The molecule has 0 radical (unpaired) electrons. The van der Waals surface area contributed by atoms with Crippen LogP contribution in [0.3, 0.4) is 0 Å². The molecule has 30 heavy (non-hydrogen) atoms. The molecule has 2 rings (SSSR count). The highest BCUT2D eigenvalue weighted by molar-refractivity contribution is 7.53. The van der Waals surface area contributed by atoms with E-state index >= 15 is 0 Å². The second-order valence-corrected chi connectivity index (χ2v) is 7.99. The molecular weight excluding hydrogens is 431 g/mol. The van der Waals surface area contributed by atoms with Crippen LogP contribution in [0.25, 0.3) is 11.1 Å². The van der Waals surface area contributed by atoms with Crippen molar-refractivity contribution in [2.45, 2.75) is 20.0 Å². The highest BCUT2D eigenvalue weighted by Crippen LogP contribution is 2.49. The summed E-state index contributed by atoms with van der Waals surface area (Å²) in [6.07, 6.45) is -5.59. The summed E-state index contributed by atoms with van der Waals surface area (Å²) < 4.78 is 77.5. The van der Waals surface area contributed by atoms with Crippen LogP contribution in [0.1, 0.15) is 19.4 Å². The monoisotopic (exact) mass is 450 g/mol. The Kier molecular flexibility index (Phi) is 7.57. The lowest BCUT2D eigenvalue weighted by atomic mass is 9.99. The van der Waals surface area contributed by atoms with Crippen LogP contribution in [0.2, 0.25) is 0 Å². The van der Waals surface area contributed by atoms with Crippen molar-refractivity contribution in [2.75, 3.05) is 24.8 Å². The number of hydrogen-bond donors (Lipinski definition) is 1. The third kappa shape index (κ3) is 5.56. The largest absolute Gasteiger partial charge is 0.418 e. The van der Waals surface area contributed by atoms with Gasteiger partial charge in [0, 0.05) is 17.3 Å². The molecule has 12 heteroatoms. The van der Waals surface area contributed by atoms with E-state index in [9.17, 15) is 32.2 Å². The van der Waals surface area contributed by atoms with Crippen molar-refractivity contribution in [2.24, 2.45) is 0 Å². The van der Waals surface area contributed by atoms with E-state index in [1.54, 1.807) is 0 Å². The van der Waals surface area contributed by atoms with Crippen molar-refractivity contribution < 1.29 is 36.1 Å². The second kappa shape index (κ2) is 9.55. The van der Waals surface area contributed by atoms with Gasteiger partial charge >= 0.3 is 13.8 Å². The van der Waals surface area contributed by atoms with Crippen LogP contribution in [0.15, 0.2) is 36.4 Å². The Hall–Kier alpha value is -2.49. The first-order valence-electron chi connectivity index (χ1n) is 8.79. The molecule has 164 valence electrons. The number of benzene rings is 2. The lowest BCUT2D eigenvalue weighted by Gasteiger charge is -2.21. The Bertz CT molecular complexity index is 958. The summed E-state index contributed by atoms with van der Waals surface area (Å²) in [5, 5.41) is 13.7. The van der Waals surface area contributed by atoms with E-state index in [0.717, 1.165) is 12.1 Å². The molecule has 0 saturated carbocycles. The average Bonchev–Trinajstić information content (AvgIpc) is 2.65. The first-order valence-corrected chi connectivity index (χ1v) is 10.5. The minimum Gasteiger partial charge on any atom is -0.373 e. The third-order valence-electron chi connectivity index (χ3n) is 3.92. The molecule has 0 aromatic heterocycles. The van der Waals surface area contributed by atoms with Gasteiger partial charge in [-0.05, 0) is 26.0 Å². The van der Waals surface area contributed by atoms with Crippen molar-refractivity contribution >= 4 is 19.0 Å². The maximum atomic E-state index is 14.2. The summed E-state index contributed by atoms with van der Waals surface area (Å²) >= 11 is 0. The molecule has 0 amide bonds. The van der Waals surface area contributed by atoms with Gasteiger partial charge in [0.25, 0.3) is 5.69 Å². The van der Waals surface area contributed by atoms with Gasteiger partial charge in [0.05, 0.1) is 29.3 Å².